The van der Waals surface area contributed by atoms with Crippen LogP contribution in [0.3, 0.4) is 0 Å². The molecule has 5 aliphatic rings. The first-order valence-corrected chi connectivity index (χ1v) is 14.6. The number of aromatic nitrogens is 2. The molecule has 4 heteroatoms. The summed E-state index contributed by atoms with van der Waals surface area (Å²) >= 11 is 0. The summed E-state index contributed by atoms with van der Waals surface area (Å²) in [4.78, 5) is 12.9. The van der Waals surface area contributed by atoms with Crippen LogP contribution in [0.25, 0.3) is 0 Å². The highest BCUT2D eigenvalue weighted by molar-refractivity contribution is 5.76. The summed E-state index contributed by atoms with van der Waals surface area (Å²) in [6.07, 6.45) is 14.3. The second kappa shape index (κ2) is 7.08. The minimum Gasteiger partial charge on any atom is -0.481 e. The fourth-order valence-electron chi connectivity index (χ4n) is 11.2. The summed E-state index contributed by atoms with van der Waals surface area (Å²) in [5, 5.41) is 15.5. The van der Waals surface area contributed by atoms with E-state index in [9.17, 15) is 9.90 Å². The highest BCUT2D eigenvalue weighted by Crippen LogP contribution is 2.75. The lowest BCUT2D eigenvalue weighted by Crippen LogP contribution is -2.64. The predicted molar refractivity (Wildman–Crippen MR) is 144 cm³/mol. The van der Waals surface area contributed by atoms with Gasteiger partial charge in [-0.15, -0.1) is 0 Å². The van der Waals surface area contributed by atoms with Crippen LogP contribution in [0.4, 0.5) is 0 Å². The van der Waals surface area contributed by atoms with Gasteiger partial charge in [-0.2, -0.15) is 5.10 Å². The number of carboxylic acid groups (broad SMARTS) is 1. The summed E-state index contributed by atoms with van der Waals surface area (Å²) in [5.74, 6) is 0.888. The van der Waals surface area contributed by atoms with Crippen molar-refractivity contribution in [3.63, 3.8) is 0 Å². The van der Waals surface area contributed by atoms with E-state index in [1.807, 2.05) is 4.68 Å². The Morgan fingerprint density at radius 3 is 2.39 bits per heavy atom. The van der Waals surface area contributed by atoms with Crippen molar-refractivity contribution in [3.05, 3.63) is 29.1 Å². The van der Waals surface area contributed by atoms with Crippen molar-refractivity contribution < 1.29 is 9.90 Å². The lowest BCUT2D eigenvalue weighted by atomic mass is 9.33. The molecule has 1 N–H and O–H groups in total. The van der Waals surface area contributed by atoms with Crippen LogP contribution in [-0.4, -0.2) is 20.9 Å². The molecule has 1 heterocycles. The number of rotatable bonds is 1. The zero-order valence-electron chi connectivity index (χ0n) is 24.0. The molecule has 5 aliphatic carbocycles. The minimum atomic E-state index is -0.553. The van der Waals surface area contributed by atoms with Gasteiger partial charge in [-0.1, -0.05) is 60.1 Å². The van der Waals surface area contributed by atoms with Crippen molar-refractivity contribution in [2.24, 2.45) is 51.9 Å². The van der Waals surface area contributed by atoms with Crippen molar-refractivity contribution in [2.75, 3.05) is 0 Å². The molecular weight excluding hydrogens is 444 g/mol. The van der Waals surface area contributed by atoms with E-state index in [1.165, 1.54) is 29.7 Å². The number of carboxylic acids is 1. The van der Waals surface area contributed by atoms with Crippen LogP contribution in [-0.2, 0) is 23.7 Å². The number of aryl methyl sites for hydroxylation is 1. The Morgan fingerprint density at radius 2 is 1.69 bits per heavy atom. The topological polar surface area (TPSA) is 55.1 Å². The Labute approximate surface area is 218 Å². The van der Waals surface area contributed by atoms with Crippen LogP contribution in [0.1, 0.15) is 111 Å². The Kier molecular flexibility index (Phi) is 4.87. The molecule has 3 unspecified atom stereocenters. The van der Waals surface area contributed by atoms with E-state index < -0.39 is 11.4 Å². The van der Waals surface area contributed by atoms with E-state index in [0.29, 0.717) is 11.8 Å². The fourth-order valence-corrected chi connectivity index (χ4v) is 11.2. The van der Waals surface area contributed by atoms with Crippen molar-refractivity contribution in [1.29, 1.82) is 0 Å². The molecule has 36 heavy (non-hydrogen) atoms. The predicted octanol–water partition coefficient (Wildman–Crippen LogP) is 7.32. The van der Waals surface area contributed by atoms with Gasteiger partial charge in [-0.25, -0.2) is 0 Å². The Morgan fingerprint density at radius 1 is 1.00 bits per heavy atom. The highest BCUT2D eigenvalue weighted by atomic mass is 16.4. The van der Waals surface area contributed by atoms with E-state index >= 15 is 0 Å². The number of nitrogens with zero attached hydrogens (tertiary/aromatic N) is 2. The van der Waals surface area contributed by atoms with E-state index in [2.05, 4.69) is 67.8 Å². The Hall–Kier alpha value is -1.58. The van der Waals surface area contributed by atoms with Gasteiger partial charge in [0.1, 0.15) is 0 Å². The van der Waals surface area contributed by atoms with Gasteiger partial charge in [0.05, 0.1) is 11.1 Å². The largest absolute Gasteiger partial charge is 0.481 e. The SMILES string of the molecule is Cn1cc2c(n1)C(C)(C)C1CC[C@]3(C)C(CC=C4C5CC(C)(C)CC[C@]5(C(=O)O)CC[C@]43C)[C@@]1(C)C2. The normalized spacial score (nSPS) is 46.3. The molecule has 0 aliphatic heterocycles. The third-order valence-corrected chi connectivity index (χ3v) is 13.3. The second-order valence-corrected chi connectivity index (χ2v) is 15.8. The number of hydrogen-bond donors (Lipinski definition) is 1. The molecule has 0 saturated heterocycles. The summed E-state index contributed by atoms with van der Waals surface area (Å²) < 4.78 is 2.03. The standard InChI is InChI=1S/C32H48N2O2/c1-27(2)13-15-32(26(35)36)16-14-30(6)21(22(32)18-27)9-10-24-29(5)17-20-19-34(8)33-25(20)28(3,4)23(29)11-12-31(24,30)7/h9,19,22-24H,10-18H2,1-8H3,(H,35,36)/t22?,23?,24?,29-,30+,31+,32-/m0/s1. The number of allylic oxidation sites excluding steroid dienone is 2. The molecule has 6 rings (SSSR count). The van der Waals surface area contributed by atoms with Gasteiger partial charge in [-0.3, -0.25) is 9.48 Å². The summed E-state index contributed by atoms with van der Waals surface area (Å²) in [6.45, 7) is 17.4. The van der Waals surface area contributed by atoms with Crippen molar-refractivity contribution >= 4 is 5.97 Å². The number of fused-ring (bicyclic) bond motifs is 8. The first kappa shape index (κ1) is 24.7. The zero-order chi connectivity index (χ0) is 26.1. The first-order valence-electron chi connectivity index (χ1n) is 14.6. The molecule has 3 saturated carbocycles. The van der Waals surface area contributed by atoms with Gasteiger partial charge < -0.3 is 5.11 Å². The lowest BCUT2D eigenvalue weighted by Gasteiger charge is -2.70. The van der Waals surface area contributed by atoms with Gasteiger partial charge >= 0.3 is 5.97 Å². The van der Waals surface area contributed by atoms with Crippen LogP contribution in [0.2, 0.25) is 0 Å². The molecule has 0 amide bonds. The Balaban J connectivity index is 1.47. The summed E-state index contributed by atoms with van der Waals surface area (Å²) in [6, 6.07) is 0. The molecule has 4 nitrogen and oxygen atoms in total. The van der Waals surface area contributed by atoms with Gasteiger partial charge in [0.2, 0.25) is 0 Å². The Bertz CT molecular complexity index is 1160. The molecule has 0 radical (unpaired) electrons. The smallest absolute Gasteiger partial charge is 0.310 e. The van der Waals surface area contributed by atoms with Crippen molar-refractivity contribution in [1.82, 2.24) is 9.78 Å². The van der Waals surface area contributed by atoms with E-state index in [-0.39, 0.29) is 33.0 Å². The molecule has 0 spiro atoms. The first-order chi connectivity index (χ1) is 16.6. The van der Waals surface area contributed by atoms with Crippen LogP contribution < -0.4 is 0 Å². The van der Waals surface area contributed by atoms with E-state index in [0.717, 1.165) is 44.9 Å². The second-order valence-electron chi connectivity index (χ2n) is 15.8. The van der Waals surface area contributed by atoms with E-state index in [1.54, 1.807) is 0 Å². The van der Waals surface area contributed by atoms with Gasteiger partial charge in [0.15, 0.2) is 0 Å². The van der Waals surface area contributed by atoms with Crippen LogP contribution in [0.5, 0.6) is 0 Å². The molecule has 0 bridgehead atoms. The van der Waals surface area contributed by atoms with Crippen molar-refractivity contribution in [2.45, 2.75) is 112 Å². The van der Waals surface area contributed by atoms with Crippen LogP contribution >= 0.6 is 0 Å². The molecule has 7 atom stereocenters. The number of carbonyl (C=O) groups is 1. The van der Waals surface area contributed by atoms with Gasteiger partial charge in [0.25, 0.3) is 0 Å². The van der Waals surface area contributed by atoms with Crippen molar-refractivity contribution in [3.8, 4) is 0 Å². The number of aliphatic carboxylic acids is 1. The lowest BCUT2D eigenvalue weighted by molar-refractivity contribution is -0.177. The average molecular weight is 493 g/mol. The molecule has 3 fully saturated rings. The maximum Gasteiger partial charge on any atom is 0.310 e. The third kappa shape index (κ3) is 2.83. The maximum atomic E-state index is 12.9. The highest BCUT2D eigenvalue weighted by Gasteiger charge is 2.69. The summed E-state index contributed by atoms with van der Waals surface area (Å²) in [5.41, 5.74) is 4.55. The van der Waals surface area contributed by atoms with Gasteiger partial charge in [-0.05, 0) is 103 Å². The summed E-state index contributed by atoms with van der Waals surface area (Å²) in [7, 11) is 2.07. The monoisotopic (exact) mass is 492 g/mol. The minimum absolute atomic E-state index is 0.0776. The molecule has 0 aromatic carbocycles. The quantitative estimate of drug-likeness (QED) is 0.418. The van der Waals surface area contributed by atoms with Gasteiger partial charge in [0, 0.05) is 18.7 Å². The molecule has 1 aromatic rings. The maximum absolute atomic E-state index is 12.9. The number of hydrogen-bond acceptors (Lipinski definition) is 2. The average Bonchev–Trinajstić information content (AvgIpc) is 3.14. The third-order valence-electron chi connectivity index (χ3n) is 13.3. The molecular formula is C32H48N2O2. The van der Waals surface area contributed by atoms with Crippen LogP contribution in [0.15, 0.2) is 17.8 Å². The fraction of sp³-hybridized carbons (Fsp3) is 0.812. The zero-order valence-corrected chi connectivity index (χ0v) is 24.0. The molecule has 1 aromatic heterocycles. The van der Waals surface area contributed by atoms with E-state index in [4.69, 9.17) is 5.10 Å². The van der Waals surface area contributed by atoms with Crippen LogP contribution in [0, 0.1) is 44.8 Å². The molecule has 198 valence electrons.